The maximum atomic E-state index is 11.8. The van der Waals surface area contributed by atoms with Gasteiger partial charge in [-0.05, 0) is 12.8 Å². The Morgan fingerprint density at radius 3 is 2.31 bits per heavy atom. The molecule has 0 saturated carbocycles. The van der Waals surface area contributed by atoms with Gasteiger partial charge in [0.2, 0.25) is 0 Å². The zero-order valence-corrected chi connectivity index (χ0v) is 9.77. The molecule has 0 aromatic rings. The molecule has 0 N–H and O–H groups in total. The van der Waals surface area contributed by atoms with Crippen LogP contribution in [-0.4, -0.2) is 18.8 Å². The van der Waals surface area contributed by atoms with Crippen molar-refractivity contribution in [2.45, 2.75) is 52.1 Å². The van der Waals surface area contributed by atoms with Crippen LogP contribution in [0.1, 0.15) is 46.0 Å². The van der Waals surface area contributed by atoms with Gasteiger partial charge in [-0.25, -0.2) is 0 Å². The molecule has 0 aliphatic carbocycles. The fraction of sp³-hybridized carbons (Fsp3) is 0.909. The summed E-state index contributed by atoms with van der Waals surface area (Å²) in [4.78, 5) is 11.3. The van der Waals surface area contributed by atoms with Gasteiger partial charge in [-0.15, -0.1) is 0 Å². The number of hydrogen-bond acceptors (Lipinski definition) is 2. The molecule has 0 rings (SSSR count). The summed E-state index contributed by atoms with van der Waals surface area (Å²) in [5.41, 5.74) is 0. The first-order valence-electron chi connectivity index (χ1n) is 5.64. The van der Waals surface area contributed by atoms with Crippen molar-refractivity contribution in [3.05, 3.63) is 0 Å². The maximum Gasteiger partial charge on any atom is 0.422 e. The molecule has 0 fully saturated rings. The monoisotopic (exact) mass is 240 g/mol. The third-order valence-corrected chi connectivity index (χ3v) is 2.36. The fourth-order valence-electron chi connectivity index (χ4n) is 1.40. The van der Waals surface area contributed by atoms with Gasteiger partial charge in [0.25, 0.3) is 0 Å². The van der Waals surface area contributed by atoms with Crippen molar-refractivity contribution in [3.63, 3.8) is 0 Å². The molecule has 2 nitrogen and oxygen atoms in total. The van der Waals surface area contributed by atoms with Crippen molar-refractivity contribution in [3.8, 4) is 0 Å². The summed E-state index contributed by atoms with van der Waals surface area (Å²) in [7, 11) is 0. The van der Waals surface area contributed by atoms with Crippen LogP contribution in [0.3, 0.4) is 0 Å². The van der Waals surface area contributed by atoms with Crippen LogP contribution in [0.2, 0.25) is 0 Å². The van der Waals surface area contributed by atoms with Gasteiger partial charge in [0, 0.05) is 0 Å². The van der Waals surface area contributed by atoms with Crippen molar-refractivity contribution in [2.24, 2.45) is 5.92 Å². The topological polar surface area (TPSA) is 26.3 Å². The second kappa shape index (κ2) is 7.52. The molecular formula is C11H19F3O2. The first kappa shape index (κ1) is 15.3. The third-order valence-electron chi connectivity index (χ3n) is 2.36. The van der Waals surface area contributed by atoms with Gasteiger partial charge >= 0.3 is 12.1 Å². The Labute approximate surface area is 94.2 Å². The molecule has 5 heteroatoms. The molecule has 0 aromatic heterocycles. The molecular weight excluding hydrogens is 221 g/mol. The maximum absolute atomic E-state index is 11.8. The van der Waals surface area contributed by atoms with Crippen molar-refractivity contribution in [1.82, 2.24) is 0 Å². The standard InChI is InChI=1S/C11H19F3O2/c1-3-5-6-7-9(4-2)10(15)16-8-11(12,13)14/h9H,3-8H2,1-2H3. The Balaban J connectivity index is 3.91. The molecule has 0 spiro atoms. The van der Waals surface area contributed by atoms with Crippen LogP contribution in [0.25, 0.3) is 0 Å². The molecule has 0 aliphatic heterocycles. The van der Waals surface area contributed by atoms with Crippen LogP contribution in [0.5, 0.6) is 0 Å². The Morgan fingerprint density at radius 1 is 1.25 bits per heavy atom. The highest BCUT2D eigenvalue weighted by molar-refractivity contribution is 5.72. The van der Waals surface area contributed by atoms with E-state index in [1.165, 1.54) is 0 Å². The van der Waals surface area contributed by atoms with E-state index in [4.69, 9.17) is 0 Å². The van der Waals surface area contributed by atoms with Gasteiger partial charge in [-0.3, -0.25) is 4.79 Å². The molecule has 0 saturated heterocycles. The summed E-state index contributed by atoms with van der Waals surface area (Å²) in [6.45, 7) is 2.34. The van der Waals surface area contributed by atoms with E-state index in [1.807, 2.05) is 6.92 Å². The number of esters is 1. The largest absolute Gasteiger partial charge is 0.456 e. The number of ether oxygens (including phenoxy) is 1. The Kier molecular flexibility index (Phi) is 7.17. The highest BCUT2D eigenvalue weighted by atomic mass is 19.4. The first-order valence-corrected chi connectivity index (χ1v) is 5.64. The summed E-state index contributed by atoms with van der Waals surface area (Å²) in [6.07, 6.45) is -0.425. The van der Waals surface area contributed by atoms with E-state index in [-0.39, 0.29) is 0 Å². The SMILES string of the molecule is CCCCCC(CC)C(=O)OCC(F)(F)F. The normalized spacial score (nSPS) is 13.6. The lowest BCUT2D eigenvalue weighted by atomic mass is 9.99. The van der Waals surface area contributed by atoms with E-state index >= 15 is 0 Å². The van der Waals surface area contributed by atoms with Crippen LogP contribution in [0, 0.1) is 5.92 Å². The van der Waals surface area contributed by atoms with Crippen LogP contribution in [0.15, 0.2) is 0 Å². The molecule has 16 heavy (non-hydrogen) atoms. The molecule has 96 valence electrons. The van der Waals surface area contributed by atoms with E-state index in [1.54, 1.807) is 6.92 Å². The van der Waals surface area contributed by atoms with E-state index in [9.17, 15) is 18.0 Å². The number of unbranched alkanes of at least 4 members (excludes halogenated alkanes) is 2. The zero-order chi connectivity index (χ0) is 12.6. The lowest BCUT2D eigenvalue weighted by molar-refractivity contribution is -0.189. The predicted octanol–water partition coefficient (Wildman–Crippen LogP) is 3.70. The van der Waals surface area contributed by atoms with Gasteiger partial charge in [0.05, 0.1) is 5.92 Å². The van der Waals surface area contributed by atoms with Crippen LogP contribution in [0.4, 0.5) is 13.2 Å². The van der Waals surface area contributed by atoms with Gasteiger partial charge in [-0.2, -0.15) is 13.2 Å². The molecule has 0 amide bonds. The highest BCUT2D eigenvalue weighted by Gasteiger charge is 2.30. The third kappa shape index (κ3) is 7.54. The number of rotatable bonds is 7. The molecule has 1 atom stereocenters. The molecule has 0 aromatic carbocycles. The Hall–Kier alpha value is -0.740. The van der Waals surface area contributed by atoms with Crippen molar-refractivity contribution in [1.29, 1.82) is 0 Å². The molecule has 0 radical (unpaired) electrons. The summed E-state index contributed by atoms with van der Waals surface area (Å²) < 4.78 is 39.7. The van der Waals surface area contributed by atoms with Crippen LogP contribution in [-0.2, 0) is 9.53 Å². The van der Waals surface area contributed by atoms with Crippen molar-refractivity contribution >= 4 is 5.97 Å². The summed E-state index contributed by atoms with van der Waals surface area (Å²) in [6, 6.07) is 0. The average Bonchev–Trinajstić information content (AvgIpc) is 2.20. The number of carbonyl (C=O) groups is 1. The van der Waals surface area contributed by atoms with E-state index < -0.39 is 24.7 Å². The number of alkyl halides is 3. The number of carbonyl (C=O) groups excluding carboxylic acids is 1. The second-order valence-electron chi connectivity index (χ2n) is 3.82. The van der Waals surface area contributed by atoms with E-state index in [0.29, 0.717) is 12.8 Å². The van der Waals surface area contributed by atoms with Crippen molar-refractivity contribution in [2.75, 3.05) is 6.61 Å². The lowest BCUT2D eigenvalue weighted by Gasteiger charge is -2.14. The Morgan fingerprint density at radius 2 is 1.88 bits per heavy atom. The van der Waals surface area contributed by atoms with Crippen LogP contribution < -0.4 is 0 Å². The van der Waals surface area contributed by atoms with Gasteiger partial charge in [0.1, 0.15) is 0 Å². The molecule has 0 bridgehead atoms. The quantitative estimate of drug-likeness (QED) is 0.501. The van der Waals surface area contributed by atoms with Crippen molar-refractivity contribution < 1.29 is 22.7 Å². The molecule has 0 aliphatic rings. The number of halogens is 3. The molecule has 0 heterocycles. The Bertz CT molecular complexity index is 202. The fourth-order valence-corrected chi connectivity index (χ4v) is 1.40. The predicted molar refractivity (Wildman–Crippen MR) is 54.9 cm³/mol. The summed E-state index contributed by atoms with van der Waals surface area (Å²) >= 11 is 0. The van der Waals surface area contributed by atoms with E-state index in [0.717, 1.165) is 19.3 Å². The number of hydrogen-bond donors (Lipinski definition) is 0. The first-order chi connectivity index (χ1) is 7.40. The van der Waals surface area contributed by atoms with Crippen LogP contribution >= 0.6 is 0 Å². The lowest BCUT2D eigenvalue weighted by Crippen LogP contribution is -2.24. The zero-order valence-electron chi connectivity index (χ0n) is 9.77. The minimum absolute atomic E-state index is 0.395. The summed E-state index contributed by atoms with van der Waals surface area (Å²) in [5.74, 6) is -1.12. The minimum Gasteiger partial charge on any atom is -0.456 e. The highest BCUT2D eigenvalue weighted by Crippen LogP contribution is 2.19. The average molecular weight is 240 g/mol. The van der Waals surface area contributed by atoms with Gasteiger partial charge in [0.15, 0.2) is 6.61 Å². The molecule has 1 unspecified atom stereocenters. The summed E-state index contributed by atoms with van der Waals surface area (Å²) in [5, 5.41) is 0. The van der Waals surface area contributed by atoms with E-state index in [2.05, 4.69) is 4.74 Å². The second-order valence-corrected chi connectivity index (χ2v) is 3.82. The smallest absolute Gasteiger partial charge is 0.422 e. The van der Waals surface area contributed by atoms with Gasteiger partial charge < -0.3 is 4.74 Å². The van der Waals surface area contributed by atoms with Gasteiger partial charge in [-0.1, -0.05) is 33.1 Å². The minimum atomic E-state index is -4.43.